The number of pyridine rings is 1. The normalized spacial score (nSPS) is 18.5. The fraction of sp³-hybridized carbons (Fsp3) is 0.400. The standard InChI is InChI=1S/C30H32Cl2N2O4/c1-38-23-9-10-27-25(18-23)24(13-15-33-27)28(35)11-7-20-14-17-34(19-22(20)8-12-29(36)37)16-3-5-21-4-2-6-26(31)30(21)32/h2,4,6,9-10,13,15,18,20,22,28,35H,7-8,11-12,14,16-17,19H2,1H3,(H,36,37)/t20-,22+,28?/m1/s1. The average Bonchev–Trinajstić information content (AvgIpc) is 2.92. The number of fused-ring (bicyclic) bond motifs is 1. The lowest BCUT2D eigenvalue weighted by Gasteiger charge is -2.38. The van der Waals surface area contributed by atoms with E-state index in [0.29, 0.717) is 40.9 Å². The van der Waals surface area contributed by atoms with Crippen LogP contribution in [0.15, 0.2) is 48.7 Å². The Balaban J connectivity index is 1.40. The Morgan fingerprint density at radius 2 is 2.05 bits per heavy atom. The zero-order valence-corrected chi connectivity index (χ0v) is 22.9. The summed E-state index contributed by atoms with van der Waals surface area (Å²) in [7, 11) is 1.62. The van der Waals surface area contributed by atoms with Crippen molar-refractivity contribution in [1.29, 1.82) is 0 Å². The zero-order valence-electron chi connectivity index (χ0n) is 21.4. The number of carboxylic acid groups (broad SMARTS) is 1. The molecule has 0 saturated carbocycles. The van der Waals surface area contributed by atoms with Crippen molar-refractivity contribution in [2.45, 2.75) is 38.2 Å². The third kappa shape index (κ3) is 7.18. The minimum Gasteiger partial charge on any atom is -0.497 e. The highest BCUT2D eigenvalue weighted by atomic mass is 35.5. The second kappa shape index (κ2) is 13.3. The molecule has 1 unspecified atom stereocenters. The van der Waals surface area contributed by atoms with Gasteiger partial charge in [0.1, 0.15) is 5.75 Å². The first-order chi connectivity index (χ1) is 18.4. The van der Waals surface area contributed by atoms with Crippen molar-refractivity contribution in [1.82, 2.24) is 9.88 Å². The van der Waals surface area contributed by atoms with Gasteiger partial charge in [0, 0.05) is 30.1 Å². The number of aliphatic carboxylic acids is 1. The highest BCUT2D eigenvalue weighted by Crippen LogP contribution is 2.35. The Labute approximate surface area is 233 Å². The van der Waals surface area contributed by atoms with Gasteiger partial charge < -0.3 is 14.9 Å². The summed E-state index contributed by atoms with van der Waals surface area (Å²) in [5.41, 5.74) is 2.35. The van der Waals surface area contributed by atoms with E-state index in [4.69, 9.17) is 27.9 Å². The summed E-state index contributed by atoms with van der Waals surface area (Å²) in [6.45, 7) is 2.23. The number of piperidine rings is 1. The lowest BCUT2D eigenvalue weighted by Crippen LogP contribution is -2.41. The molecule has 0 aliphatic carbocycles. The third-order valence-electron chi connectivity index (χ3n) is 7.33. The van der Waals surface area contributed by atoms with Crippen LogP contribution in [0.3, 0.4) is 0 Å². The number of ether oxygens (including phenoxy) is 1. The molecule has 3 aromatic rings. The number of carbonyl (C=O) groups is 1. The molecule has 1 saturated heterocycles. The Bertz CT molecular complexity index is 1340. The number of aromatic nitrogens is 1. The van der Waals surface area contributed by atoms with Gasteiger partial charge >= 0.3 is 5.97 Å². The lowest BCUT2D eigenvalue weighted by molar-refractivity contribution is -0.137. The van der Waals surface area contributed by atoms with Gasteiger partial charge in [-0.05, 0) is 86.0 Å². The summed E-state index contributed by atoms with van der Waals surface area (Å²) in [6.07, 6.45) is 4.17. The van der Waals surface area contributed by atoms with Crippen LogP contribution >= 0.6 is 23.2 Å². The van der Waals surface area contributed by atoms with Crippen molar-refractivity contribution in [2.24, 2.45) is 11.8 Å². The minimum absolute atomic E-state index is 0.135. The molecule has 1 aromatic heterocycles. The second-order valence-electron chi connectivity index (χ2n) is 9.76. The summed E-state index contributed by atoms with van der Waals surface area (Å²) >= 11 is 12.3. The number of nitrogens with zero attached hydrogens (tertiary/aromatic N) is 2. The maximum Gasteiger partial charge on any atom is 0.303 e. The fourth-order valence-corrected chi connectivity index (χ4v) is 5.60. The number of methoxy groups -OCH3 is 1. The summed E-state index contributed by atoms with van der Waals surface area (Å²) in [4.78, 5) is 18.0. The maximum absolute atomic E-state index is 11.3. The van der Waals surface area contributed by atoms with Gasteiger partial charge in [-0.25, -0.2) is 0 Å². The van der Waals surface area contributed by atoms with Crippen LogP contribution < -0.4 is 4.74 Å². The number of halogens is 2. The molecule has 0 bridgehead atoms. The van der Waals surface area contributed by atoms with Crippen LogP contribution in [0.25, 0.3) is 10.9 Å². The van der Waals surface area contributed by atoms with Crippen LogP contribution in [0.1, 0.15) is 49.3 Å². The van der Waals surface area contributed by atoms with Gasteiger partial charge in [-0.1, -0.05) is 41.1 Å². The fourth-order valence-electron chi connectivity index (χ4n) is 5.25. The maximum atomic E-state index is 11.3. The summed E-state index contributed by atoms with van der Waals surface area (Å²) < 4.78 is 5.36. The van der Waals surface area contributed by atoms with Gasteiger partial charge in [-0.15, -0.1) is 0 Å². The molecule has 1 aliphatic heterocycles. The van der Waals surface area contributed by atoms with E-state index in [2.05, 4.69) is 21.7 Å². The van der Waals surface area contributed by atoms with Crippen molar-refractivity contribution in [2.75, 3.05) is 26.7 Å². The molecule has 2 N–H and O–H groups in total. The monoisotopic (exact) mass is 554 g/mol. The van der Waals surface area contributed by atoms with Crippen LogP contribution in [-0.2, 0) is 4.79 Å². The predicted octanol–water partition coefficient (Wildman–Crippen LogP) is 6.22. The number of aliphatic hydroxyl groups excluding tert-OH is 1. The van der Waals surface area contributed by atoms with Gasteiger partial charge in [0.15, 0.2) is 0 Å². The van der Waals surface area contributed by atoms with Crippen LogP contribution in [-0.4, -0.2) is 52.8 Å². The molecule has 2 heterocycles. The average molecular weight is 556 g/mol. The van der Waals surface area contributed by atoms with Crippen LogP contribution in [0, 0.1) is 23.7 Å². The van der Waals surface area contributed by atoms with Crippen molar-refractivity contribution in [3.8, 4) is 17.6 Å². The highest BCUT2D eigenvalue weighted by Gasteiger charge is 2.30. The smallest absolute Gasteiger partial charge is 0.303 e. The molecular weight excluding hydrogens is 523 g/mol. The number of rotatable bonds is 9. The largest absolute Gasteiger partial charge is 0.497 e. The molecule has 0 amide bonds. The van der Waals surface area contributed by atoms with Crippen LogP contribution in [0.2, 0.25) is 10.0 Å². The van der Waals surface area contributed by atoms with E-state index in [1.807, 2.05) is 36.4 Å². The Hall–Kier alpha value is -2.82. The number of aliphatic hydroxyl groups is 1. The van der Waals surface area contributed by atoms with Crippen molar-refractivity contribution in [3.05, 3.63) is 69.8 Å². The SMILES string of the molecule is COc1ccc2nccc(C(O)CC[C@@H]3CCN(CC#Cc4cccc(Cl)c4Cl)C[C@@H]3CCC(=O)O)c2c1. The number of hydrogen-bond donors (Lipinski definition) is 2. The van der Waals surface area contributed by atoms with Gasteiger partial charge in [0.2, 0.25) is 0 Å². The molecule has 0 spiro atoms. The first-order valence-corrected chi connectivity index (χ1v) is 13.6. The van der Waals surface area contributed by atoms with E-state index in [0.717, 1.165) is 48.1 Å². The van der Waals surface area contributed by atoms with E-state index >= 15 is 0 Å². The third-order valence-corrected chi connectivity index (χ3v) is 8.15. The molecule has 8 heteroatoms. The topological polar surface area (TPSA) is 82.9 Å². The Morgan fingerprint density at radius 3 is 2.84 bits per heavy atom. The van der Waals surface area contributed by atoms with Gasteiger partial charge in [-0.3, -0.25) is 14.7 Å². The number of likely N-dealkylation sites (tertiary alicyclic amines) is 1. The molecule has 3 atom stereocenters. The molecule has 1 fully saturated rings. The Kier molecular flexibility index (Phi) is 9.87. The van der Waals surface area contributed by atoms with E-state index in [-0.39, 0.29) is 12.3 Å². The molecule has 0 radical (unpaired) electrons. The number of carboxylic acids is 1. The first kappa shape index (κ1) is 28.2. The van der Waals surface area contributed by atoms with Gasteiger partial charge in [0.25, 0.3) is 0 Å². The van der Waals surface area contributed by atoms with Crippen LogP contribution in [0.5, 0.6) is 5.75 Å². The van der Waals surface area contributed by atoms with E-state index in [9.17, 15) is 15.0 Å². The minimum atomic E-state index is -0.784. The highest BCUT2D eigenvalue weighted by molar-refractivity contribution is 6.42. The van der Waals surface area contributed by atoms with E-state index in [1.54, 1.807) is 19.4 Å². The molecule has 200 valence electrons. The first-order valence-electron chi connectivity index (χ1n) is 12.8. The number of hydrogen-bond acceptors (Lipinski definition) is 5. The lowest BCUT2D eigenvalue weighted by atomic mass is 9.79. The van der Waals surface area contributed by atoms with Gasteiger partial charge in [0.05, 0.1) is 35.3 Å². The summed E-state index contributed by atoms with van der Waals surface area (Å²) in [5.74, 6) is 6.80. The van der Waals surface area contributed by atoms with E-state index < -0.39 is 12.1 Å². The quantitative estimate of drug-likeness (QED) is 0.305. The van der Waals surface area contributed by atoms with Crippen molar-refractivity contribution < 1.29 is 19.7 Å². The molecule has 4 rings (SSSR count). The summed E-state index contributed by atoms with van der Waals surface area (Å²) in [5, 5.41) is 22.3. The predicted molar refractivity (Wildman–Crippen MR) is 151 cm³/mol. The second-order valence-corrected chi connectivity index (χ2v) is 10.5. The molecule has 1 aliphatic rings. The molecule has 38 heavy (non-hydrogen) atoms. The molecular formula is C30H32Cl2N2O4. The van der Waals surface area contributed by atoms with Crippen LogP contribution in [0.4, 0.5) is 0 Å². The molecule has 2 aromatic carbocycles. The molecule has 6 nitrogen and oxygen atoms in total. The van der Waals surface area contributed by atoms with Crippen molar-refractivity contribution in [3.63, 3.8) is 0 Å². The number of benzene rings is 2. The Morgan fingerprint density at radius 1 is 1.21 bits per heavy atom. The zero-order chi connectivity index (χ0) is 27.1. The summed E-state index contributed by atoms with van der Waals surface area (Å²) in [6, 6.07) is 12.9. The van der Waals surface area contributed by atoms with Gasteiger partial charge in [-0.2, -0.15) is 0 Å². The van der Waals surface area contributed by atoms with Crippen molar-refractivity contribution >= 4 is 40.1 Å². The van der Waals surface area contributed by atoms with E-state index in [1.165, 1.54) is 0 Å².